The molecule has 1 heterocycles. The van der Waals surface area contributed by atoms with Crippen LogP contribution < -0.4 is 5.32 Å². The van der Waals surface area contributed by atoms with Gasteiger partial charge in [-0.1, -0.05) is 6.92 Å². The molecule has 2 heteroatoms. The SMILES string of the molecule is CC1(CNC2COC2)CC1. The fraction of sp³-hybridized carbons (Fsp3) is 1.00. The average Bonchev–Trinajstić information content (AvgIpc) is 2.44. The molecule has 0 radical (unpaired) electrons. The molecule has 2 aliphatic rings. The van der Waals surface area contributed by atoms with Crippen LogP contribution >= 0.6 is 0 Å². The molecular weight excluding hydrogens is 126 g/mol. The molecule has 2 rings (SSSR count). The molecular formula is C8H15NO. The molecule has 2 nitrogen and oxygen atoms in total. The Bertz CT molecular complexity index is 127. The fourth-order valence-electron chi connectivity index (χ4n) is 1.13. The number of hydrogen-bond donors (Lipinski definition) is 1. The van der Waals surface area contributed by atoms with Crippen LogP contribution in [0.5, 0.6) is 0 Å². The Morgan fingerprint density at radius 2 is 2.20 bits per heavy atom. The van der Waals surface area contributed by atoms with Crippen LogP contribution in [-0.4, -0.2) is 25.8 Å². The second-order valence-corrected chi connectivity index (χ2v) is 3.93. The highest BCUT2D eigenvalue weighted by atomic mass is 16.5. The van der Waals surface area contributed by atoms with Gasteiger partial charge in [-0.3, -0.25) is 0 Å². The van der Waals surface area contributed by atoms with E-state index in [1.807, 2.05) is 0 Å². The maximum Gasteiger partial charge on any atom is 0.0643 e. The van der Waals surface area contributed by atoms with E-state index in [1.165, 1.54) is 19.4 Å². The van der Waals surface area contributed by atoms with Crippen molar-refractivity contribution in [1.29, 1.82) is 0 Å². The first-order valence-corrected chi connectivity index (χ1v) is 4.10. The number of rotatable bonds is 3. The van der Waals surface area contributed by atoms with E-state index < -0.39 is 0 Å². The smallest absolute Gasteiger partial charge is 0.0643 e. The molecule has 0 unspecified atom stereocenters. The lowest BCUT2D eigenvalue weighted by molar-refractivity contribution is -0.00666. The van der Waals surface area contributed by atoms with E-state index in [9.17, 15) is 0 Å². The van der Waals surface area contributed by atoms with Gasteiger partial charge >= 0.3 is 0 Å². The van der Waals surface area contributed by atoms with Gasteiger partial charge in [-0.2, -0.15) is 0 Å². The molecule has 1 N–H and O–H groups in total. The molecule has 0 bridgehead atoms. The Balaban J connectivity index is 1.63. The summed E-state index contributed by atoms with van der Waals surface area (Å²) in [7, 11) is 0. The van der Waals surface area contributed by atoms with E-state index in [-0.39, 0.29) is 0 Å². The van der Waals surface area contributed by atoms with E-state index >= 15 is 0 Å². The lowest BCUT2D eigenvalue weighted by Crippen LogP contribution is -2.47. The minimum Gasteiger partial charge on any atom is -0.378 e. The molecule has 1 saturated heterocycles. The monoisotopic (exact) mass is 141 g/mol. The molecule has 0 amide bonds. The lowest BCUT2D eigenvalue weighted by atomic mass is 10.1. The standard InChI is InChI=1S/C8H15NO/c1-8(2-3-8)6-9-7-4-10-5-7/h7,9H,2-6H2,1H3. The zero-order chi connectivity index (χ0) is 7.03. The van der Waals surface area contributed by atoms with E-state index in [0.717, 1.165) is 13.2 Å². The number of hydrogen-bond acceptors (Lipinski definition) is 2. The van der Waals surface area contributed by atoms with Crippen LogP contribution in [-0.2, 0) is 4.74 Å². The van der Waals surface area contributed by atoms with Gasteiger partial charge in [0.15, 0.2) is 0 Å². The van der Waals surface area contributed by atoms with Crippen molar-refractivity contribution in [2.45, 2.75) is 25.8 Å². The molecule has 0 atom stereocenters. The summed E-state index contributed by atoms with van der Waals surface area (Å²) in [4.78, 5) is 0. The maximum atomic E-state index is 5.06. The summed E-state index contributed by atoms with van der Waals surface area (Å²) in [5.74, 6) is 0. The van der Waals surface area contributed by atoms with Crippen molar-refractivity contribution in [3.63, 3.8) is 0 Å². The van der Waals surface area contributed by atoms with E-state index in [1.54, 1.807) is 0 Å². The second kappa shape index (κ2) is 2.21. The van der Waals surface area contributed by atoms with Crippen molar-refractivity contribution in [1.82, 2.24) is 5.32 Å². The van der Waals surface area contributed by atoms with Gasteiger partial charge < -0.3 is 10.1 Å². The second-order valence-electron chi connectivity index (χ2n) is 3.93. The predicted octanol–water partition coefficient (Wildman–Crippen LogP) is 0.775. The van der Waals surface area contributed by atoms with Gasteiger partial charge in [-0.25, -0.2) is 0 Å². The first kappa shape index (κ1) is 6.62. The highest BCUT2D eigenvalue weighted by molar-refractivity contribution is 4.91. The molecule has 1 saturated carbocycles. The molecule has 0 aromatic carbocycles. The van der Waals surface area contributed by atoms with E-state index in [4.69, 9.17) is 4.74 Å². The van der Waals surface area contributed by atoms with Crippen molar-refractivity contribution in [2.24, 2.45) is 5.41 Å². The van der Waals surface area contributed by atoms with E-state index in [2.05, 4.69) is 12.2 Å². The molecule has 0 aromatic heterocycles. The van der Waals surface area contributed by atoms with Crippen molar-refractivity contribution in [2.75, 3.05) is 19.8 Å². The van der Waals surface area contributed by atoms with Crippen LogP contribution in [0.4, 0.5) is 0 Å². The third-order valence-electron chi connectivity index (χ3n) is 2.56. The molecule has 1 aliphatic heterocycles. The van der Waals surface area contributed by atoms with Gasteiger partial charge in [-0.15, -0.1) is 0 Å². The zero-order valence-electron chi connectivity index (χ0n) is 6.52. The molecule has 0 aromatic rings. The van der Waals surface area contributed by atoms with Crippen LogP contribution in [0.3, 0.4) is 0 Å². The van der Waals surface area contributed by atoms with Gasteiger partial charge in [-0.05, 0) is 18.3 Å². The van der Waals surface area contributed by atoms with Crippen molar-refractivity contribution >= 4 is 0 Å². The summed E-state index contributed by atoms with van der Waals surface area (Å²) in [6, 6.07) is 0.664. The quantitative estimate of drug-likeness (QED) is 0.627. The van der Waals surface area contributed by atoms with Crippen LogP contribution in [0, 0.1) is 5.41 Å². The Morgan fingerprint density at radius 3 is 2.60 bits per heavy atom. The maximum absolute atomic E-state index is 5.06. The van der Waals surface area contributed by atoms with Crippen molar-refractivity contribution < 1.29 is 4.74 Å². The Morgan fingerprint density at radius 1 is 1.50 bits per heavy atom. The summed E-state index contributed by atoms with van der Waals surface area (Å²) in [5.41, 5.74) is 0.648. The van der Waals surface area contributed by atoms with Gasteiger partial charge in [0.1, 0.15) is 0 Å². The number of nitrogens with one attached hydrogen (secondary N) is 1. The Hall–Kier alpha value is -0.0800. The van der Waals surface area contributed by atoms with E-state index in [0.29, 0.717) is 11.5 Å². The number of ether oxygens (including phenoxy) is 1. The normalized spacial score (nSPS) is 29.7. The molecule has 58 valence electrons. The predicted molar refractivity (Wildman–Crippen MR) is 40.0 cm³/mol. The average molecular weight is 141 g/mol. The fourth-order valence-corrected chi connectivity index (χ4v) is 1.13. The third kappa shape index (κ3) is 1.32. The van der Waals surface area contributed by atoms with Crippen LogP contribution in [0.25, 0.3) is 0 Å². The zero-order valence-corrected chi connectivity index (χ0v) is 6.52. The van der Waals surface area contributed by atoms with Gasteiger partial charge in [0.25, 0.3) is 0 Å². The topological polar surface area (TPSA) is 21.3 Å². The lowest BCUT2D eigenvalue weighted by Gasteiger charge is -2.28. The molecule has 1 aliphatic carbocycles. The molecule has 0 spiro atoms. The largest absolute Gasteiger partial charge is 0.378 e. The van der Waals surface area contributed by atoms with Gasteiger partial charge in [0, 0.05) is 6.54 Å². The summed E-state index contributed by atoms with van der Waals surface area (Å²) < 4.78 is 5.06. The van der Waals surface area contributed by atoms with Crippen molar-refractivity contribution in [3.8, 4) is 0 Å². The van der Waals surface area contributed by atoms with Crippen molar-refractivity contribution in [3.05, 3.63) is 0 Å². The van der Waals surface area contributed by atoms with Crippen LogP contribution in [0.2, 0.25) is 0 Å². The molecule has 10 heavy (non-hydrogen) atoms. The van der Waals surface area contributed by atoms with Crippen LogP contribution in [0.15, 0.2) is 0 Å². The summed E-state index contributed by atoms with van der Waals surface area (Å²) >= 11 is 0. The first-order valence-electron chi connectivity index (χ1n) is 4.10. The Labute approximate surface area is 61.9 Å². The minimum absolute atomic E-state index is 0.648. The summed E-state index contributed by atoms with van der Waals surface area (Å²) in [6.07, 6.45) is 2.82. The highest BCUT2D eigenvalue weighted by Gasteiger charge is 2.37. The first-order chi connectivity index (χ1) is 4.79. The Kier molecular flexibility index (Phi) is 1.46. The summed E-state index contributed by atoms with van der Waals surface area (Å²) in [6.45, 7) is 5.40. The van der Waals surface area contributed by atoms with Crippen LogP contribution in [0.1, 0.15) is 19.8 Å². The molecule has 2 fully saturated rings. The summed E-state index contributed by atoms with van der Waals surface area (Å²) in [5, 5.41) is 3.50. The van der Waals surface area contributed by atoms with Gasteiger partial charge in [0.2, 0.25) is 0 Å². The third-order valence-corrected chi connectivity index (χ3v) is 2.56. The highest BCUT2D eigenvalue weighted by Crippen LogP contribution is 2.44. The van der Waals surface area contributed by atoms with Gasteiger partial charge in [0.05, 0.1) is 19.3 Å². The minimum atomic E-state index is 0.648.